The van der Waals surface area contributed by atoms with E-state index in [0.29, 0.717) is 11.7 Å². The van der Waals surface area contributed by atoms with Gasteiger partial charge in [-0.2, -0.15) is 5.10 Å². The number of hydrogen-bond acceptors (Lipinski definition) is 4. The third-order valence-corrected chi connectivity index (χ3v) is 5.08. The Balaban J connectivity index is 1.51. The van der Waals surface area contributed by atoms with E-state index in [0.717, 1.165) is 56.8 Å². The van der Waals surface area contributed by atoms with Crippen molar-refractivity contribution in [2.75, 3.05) is 19.6 Å². The van der Waals surface area contributed by atoms with E-state index in [2.05, 4.69) is 10.4 Å². The molecule has 0 spiro atoms. The average molecular weight is 328 g/mol. The lowest BCUT2D eigenvalue weighted by atomic mass is 10.1. The first-order chi connectivity index (χ1) is 11.7. The summed E-state index contributed by atoms with van der Waals surface area (Å²) in [5.41, 5.74) is 0.538. The molecule has 2 fully saturated rings. The summed E-state index contributed by atoms with van der Waals surface area (Å²) in [5.74, 6) is 1.78. The van der Waals surface area contributed by atoms with Gasteiger partial charge in [0.2, 0.25) is 0 Å². The third kappa shape index (κ3) is 2.86. The van der Waals surface area contributed by atoms with Gasteiger partial charge in [0.25, 0.3) is 5.91 Å². The lowest BCUT2D eigenvalue weighted by Crippen LogP contribution is -2.33. The largest absolute Gasteiger partial charge is 0.464 e. The summed E-state index contributed by atoms with van der Waals surface area (Å²) in [6, 6.07) is 6.17. The molecule has 2 unspecified atom stereocenters. The maximum atomic E-state index is 12.9. The summed E-state index contributed by atoms with van der Waals surface area (Å²) in [6.45, 7) is 4.69. The Kier molecular flexibility index (Phi) is 4.14. The number of furan rings is 1. The Morgan fingerprint density at radius 1 is 1.29 bits per heavy atom. The van der Waals surface area contributed by atoms with Crippen LogP contribution >= 0.6 is 0 Å². The molecule has 2 aliphatic heterocycles. The van der Waals surface area contributed by atoms with Crippen LogP contribution in [0.15, 0.2) is 28.8 Å². The minimum absolute atomic E-state index is 0.00840. The van der Waals surface area contributed by atoms with Crippen molar-refractivity contribution in [3.63, 3.8) is 0 Å². The number of likely N-dealkylation sites (tertiary alicyclic amines) is 1. The van der Waals surface area contributed by atoms with Crippen molar-refractivity contribution in [1.82, 2.24) is 20.0 Å². The first-order valence-electron chi connectivity index (χ1n) is 8.85. The van der Waals surface area contributed by atoms with Crippen molar-refractivity contribution in [3.05, 3.63) is 41.6 Å². The minimum Gasteiger partial charge on any atom is -0.464 e. The Morgan fingerprint density at radius 3 is 2.96 bits per heavy atom. The number of carbonyl (C=O) groups is 1. The van der Waals surface area contributed by atoms with E-state index in [1.165, 1.54) is 0 Å². The van der Waals surface area contributed by atoms with E-state index in [4.69, 9.17) is 4.42 Å². The number of aryl methyl sites for hydroxylation is 1. The summed E-state index contributed by atoms with van der Waals surface area (Å²) in [4.78, 5) is 14.8. The van der Waals surface area contributed by atoms with Crippen LogP contribution in [0.5, 0.6) is 0 Å². The summed E-state index contributed by atoms with van der Waals surface area (Å²) in [7, 11) is 0. The van der Waals surface area contributed by atoms with Gasteiger partial charge in [0.05, 0.1) is 12.1 Å². The topological polar surface area (TPSA) is 63.3 Å². The van der Waals surface area contributed by atoms with Gasteiger partial charge in [-0.1, -0.05) is 0 Å². The van der Waals surface area contributed by atoms with E-state index in [9.17, 15) is 4.79 Å². The second-order valence-corrected chi connectivity index (χ2v) is 6.79. The maximum Gasteiger partial charge on any atom is 0.274 e. The molecule has 4 heterocycles. The molecule has 0 radical (unpaired) electrons. The number of rotatable bonds is 3. The highest BCUT2D eigenvalue weighted by Crippen LogP contribution is 2.34. The van der Waals surface area contributed by atoms with E-state index in [1.54, 1.807) is 0 Å². The van der Waals surface area contributed by atoms with Gasteiger partial charge in [0.1, 0.15) is 17.2 Å². The molecule has 2 saturated heterocycles. The molecule has 6 nitrogen and oxygen atoms in total. The lowest BCUT2D eigenvalue weighted by Gasteiger charge is -2.24. The highest BCUT2D eigenvalue weighted by atomic mass is 16.3. The van der Waals surface area contributed by atoms with Crippen molar-refractivity contribution in [3.8, 4) is 0 Å². The molecule has 4 rings (SSSR count). The zero-order valence-corrected chi connectivity index (χ0v) is 14.1. The van der Waals surface area contributed by atoms with Crippen LogP contribution in [-0.4, -0.2) is 40.2 Å². The molecule has 2 atom stereocenters. The summed E-state index contributed by atoms with van der Waals surface area (Å²) >= 11 is 0. The third-order valence-electron chi connectivity index (χ3n) is 5.08. The molecule has 24 heavy (non-hydrogen) atoms. The molecule has 0 aliphatic carbocycles. The second-order valence-electron chi connectivity index (χ2n) is 6.79. The van der Waals surface area contributed by atoms with E-state index < -0.39 is 0 Å². The molecule has 0 aromatic carbocycles. The number of aromatic nitrogens is 2. The summed E-state index contributed by atoms with van der Waals surface area (Å²) < 4.78 is 7.70. The molecule has 0 bridgehead atoms. The van der Waals surface area contributed by atoms with Gasteiger partial charge in [0, 0.05) is 19.3 Å². The predicted octanol–water partition coefficient (Wildman–Crippen LogP) is 2.69. The Morgan fingerprint density at radius 2 is 2.21 bits per heavy atom. The number of nitrogens with one attached hydrogen (secondary N) is 1. The molecule has 1 N–H and O–H groups in total. The lowest BCUT2D eigenvalue weighted by molar-refractivity contribution is 0.0711. The zero-order chi connectivity index (χ0) is 16.5. The molecule has 1 amide bonds. The minimum atomic E-state index is 0.00840. The standard InChI is InChI=1S/C18H24N4O2/c1-13-6-7-17(24-13)16-5-3-10-21(16)18(23)15-8-11-22(20-15)14-4-2-9-19-12-14/h6-8,11,14,16,19H,2-5,9-10,12H2,1H3. The van der Waals surface area contributed by atoms with Gasteiger partial charge in [-0.25, -0.2) is 0 Å². The highest BCUT2D eigenvalue weighted by molar-refractivity contribution is 5.92. The van der Waals surface area contributed by atoms with Crippen LogP contribution in [0.1, 0.15) is 59.8 Å². The molecular weight excluding hydrogens is 304 g/mol. The fourth-order valence-corrected chi connectivity index (χ4v) is 3.80. The van der Waals surface area contributed by atoms with Crippen LogP contribution in [-0.2, 0) is 0 Å². The zero-order valence-electron chi connectivity index (χ0n) is 14.1. The van der Waals surface area contributed by atoms with E-state index >= 15 is 0 Å². The summed E-state index contributed by atoms with van der Waals surface area (Å²) in [6.07, 6.45) is 6.16. The van der Waals surface area contributed by atoms with Crippen LogP contribution in [0, 0.1) is 6.92 Å². The highest BCUT2D eigenvalue weighted by Gasteiger charge is 2.33. The molecule has 6 heteroatoms. The van der Waals surface area contributed by atoms with Crippen LogP contribution in [0.25, 0.3) is 0 Å². The molecule has 2 aliphatic rings. The average Bonchev–Trinajstić information content (AvgIpc) is 3.35. The second kappa shape index (κ2) is 6.43. The fraction of sp³-hybridized carbons (Fsp3) is 0.556. The Hall–Kier alpha value is -2.08. The van der Waals surface area contributed by atoms with E-state index in [1.807, 2.05) is 40.9 Å². The van der Waals surface area contributed by atoms with Crippen molar-refractivity contribution < 1.29 is 9.21 Å². The first kappa shape index (κ1) is 15.4. The first-order valence-corrected chi connectivity index (χ1v) is 8.85. The van der Waals surface area contributed by atoms with Gasteiger partial charge >= 0.3 is 0 Å². The molecule has 0 saturated carbocycles. The number of piperidine rings is 1. The smallest absolute Gasteiger partial charge is 0.274 e. The van der Waals surface area contributed by atoms with Gasteiger partial charge in [-0.05, 0) is 57.4 Å². The Labute approximate surface area is 141 Å². The van der Waals surface area contributed by atoms with Crippen LogP contribution in [0.2, 0.25) is 0 Å². The summed E-state index contributed by atoms with van der Waals surface area (Å²) in [5, 5.41) is 7.96. The molecule has 128 valence electrons. The van der Waals surface area contributed by atoms with E-state index in [-0.39, 0.29) is 11.9 Å². The number of nitrogens with zero attached hydrogens (tertiary/aromatic N) is 3. The van der Waals surface area contributed by atoms with Crippen molar-refractivity contribution in [1.29, 1.82) is 0 Å². The molecule has 2 aromatic heterocycles. The van der Waals surface area contributed by atoms with Crippen molar-refractivity contribution in [2.45, 2.75) is 44.7 Å². The van der Waals surface area contributed by atoms with Gasteiger partial charge < -0.3 is 14.6 Å². The molecule has 2 aromatic rings. The monoisotopic (exact) mass is 328 g/mol. The van der Waals surface area contributed by atoms with Crippen LogP contribution in [0.3, 0.4) is 0 Å². The SMILES string of the molecule is Cc1ccc(C2CCCN2C(=O)c2ccn(C3CCCNC3)n2)o1. The molecular formula is C18H24N4O2. The number of hydrogen-bond donors (Lipinski definition) is 1. The predicted molar refractivity (Wildman–Crippen MR) is 89.8 cm³/mol. The number of amides is 1. The van der Waals surface area contributed by atoms with Gasteiger partial charge in [0.15, 0.2) is 0 Å². The Bertz CT molecular complexity index is 714. The fourth-order valence-electron chi connectivity index (χ4n) is 3.80. The van der Waals surface area contributed by atoms with Crippen LogP contribution in [0.4, 0.5) is 0 Å². The maximum absolute atomic E-state index is 12.9. The van der Waals surface area contributed by atoms with Crippen molar-refractivity contribution >= 4 is 5.91 Å². The van der Waals surface area contributed by atoms with Gasteiger partial charge in [-0.3, -0.25) is 9.48 Å². The normalized spacial score (nSPS) is 24.5. The van der Waals surface area contributed by atoms with Gasteiger partial charge in [-0.15, -0.1) is 0 Å². The quantitative estimate of drug-likeness (QED) is 0.941. The number of carbonyl (C=O) groups excluding carboxylic acids is 1. The van der Waals surface area contributed by atoms with Crippen LogP contribution < -0.4 is 5.32 Å². The van der Waals surface area contributed by atoms with Crippen molar-refractivity contribution in [2.24, 2.45) is 0 Å².